The predicted octanol–water partition coefficient (Wildman–Crippen LogP) is 1.88. The minimum atomic E-state index is -0.843. The van der Waals surface area contributed by atoms with E-state index in [1.165, 1.54) is 11.8 Å². The van der Waals surface area contributed by atoms with Gasteiger partial charge in [-0.25, -0.2) is 0 Å². The molecule has 1 aromatic rings. The molecule has 0 amide bonds. The molecule has 0 bridgehead atoms. The molecule has 1 N–H and O–H groups in total. The van der Waals surface area contributed by atoms with E-state index < -0.39 is 5.97 Å². The van der Waals surface area contributed by atoms with E-state index in [-0.39, 0.29) is 11.9 Å². The van der Waals surface area contributed by atoms with Crippen LogP contribution in [0.1, 0.15) is 37.6 Å². The molecule has 1 aliphatic carbocycles. The Bertz CT molecular complexity index is 406. The van der Waals surface area contributed by atoms with Crippen LogP contribution in [0.2, 0.25) is 0 Å². The molecule has 1 heterocycles. The Morgan fingerprint density at radius 3 is 3.06 bits per heavy atom. The second kappa shape index (κ2) is 6.19. The van der Waals surface area contributed by atoms with Crippen LogP contribution in [0.25, 0.3) is 0 Å². The third-order valence-electron chi connectivity index (χ3n) is 2.59. The van der Waals surface area contributed by atoms with Gasteiger partial charge in [-0.15, -0.1) is 11.8 Å². The smallest absolute Gasteiger partial charge is 0.313 e. The minimum Gasteiger partial charge on any atom is -0.481 e. The lowest BCUT2D eigenvalue weighted by molar-refractivity contribution is -0.133. The van der Waals surface area contributed by atoms with E-state index in [9.17, 15) is 4.79 Å². The van der Waals surface area contributed by atoms with Crippen molar-refractivity contribution in [3.8, 4) is 0 Å². The number of nitrogens with zero attached hydrogens (tertiary/aromatic N) is 2. The van der Waals surface area contributed by atoms with Gasteiger partial charge in [0.25, 0.3) is 0 Å². The van der Waals surface area contributed by atoms with Crippen LogP contribution in [-0.4, -0.2) is 33.6 Å². The van der Waals surface area contributed by atoms with Crippen LogP contribution >= 0.6 is 11.8 Å². The number of aliphatic carboxylic acids is 1. The van der Waals surface area contributed by atoms with Gasteiger partial charge in [0, 0.05) is 6.61 Å². The first-order valence-electron chi connectivity index (χ1n) is 5.94. The topological polar surface area (TPSA) is 85.5 Å². The maximum absolute atomic E-state index is 10.4. The maximum atomic E-state index is 10.4. The Balaban J connectivity index is 1.89. The Morgan fingerprint density at radius 2 is 2.44 bits per heavy atom. The largest absolute Gasteiger partial charge is 0.481 e. The van der Waals surface area contributed by atoms with E-state index in [1.54, 1.807) is 0 Å². The molecular formula is C11H16N2O4S. The van der Waals surface area contributed by atoms with Crippen molar-refractivity contribution in [1.82, 2.24) is 10.1 Å². The number of carboxylic acid groups (broad SMARTS) is 1. The third kappa shape index (κ3) is 3.71. The summed E-state index contributed by atoms with van der Waals surface area (Å²) in [6.45, 7) is 2.57. The summed E-state index contributed by atoms with van der Waals surface area (Å²) in [5, 5.41) is 12.5. The first-order chi connectivity index (χ1) is 8.70. The predicted molar refractivity (Wildman–Crippen MR) is 65.2 cm³/mol. The molecule has 1 saturated carbocycles. The van der Waals surface area contributed by atoms with Gasteiger partial charge in [-0.3, -0.25) is 4.79 Å². The molecule has 6 nitrogen and oxygen atoms in total. The highest BCUT2D eigenvalue weighted by Crippen LogP contribution is 2.42. The fraction of sp³-hybridized carbons (Fsp3) is 0.727. The number of thioether (sulfide) groups is 1. The average molecular weight is 272 g/mol. The van der Waals surface area contributed by atoms with Crippen molar-refractivity contribution >= 4 is 17.7 Å². The van der Waals surface area contributed by atoms with E-state index in [4.69, 9.17) is 14.4 Å². The van der Waals surface area contributed by atoms with E-state index in [0.717, 1.165) is 12.8 Å². The van der Waals surface area contributed by atoms with Gasteiger partial charge in [0.05, 0.1) is 11.5 Å². The second-order valence-electron chi connectivity index (χ2n) is 4.15. The highest BCUT2D eigenvalue weighted by molar-refractivity contribution is 7.99. The molecule has 18 heavy (non-hydrogen) atoms. The van der Waals surface area contributed by atoms with Gasteiger partial charge in [0.1, 0.15) is 6.10 Å². The Kier molecular flexibility index (Phi) is 4.60. The van der Waals surface area contributed by atoms with Gasteiger partial charge in [-0.1, -0.05) is 5.16 Å². The van der Waals surface area contributed by atoms with E-state index in [1.807, 2.05) is 6.92 Å². The third-order valence-corrected chi connectivity index (χ3v) is 3.49. The zero-order valence-corrected chi connectivity index (χ0v) is 11.0. The number of carbonyl (C=O) groups is 1. The summed E-state index contributed by atoms with van der Waals surface area (Å²) in [6, 6.07) is 0. The van der Waals surface area contributed by atoms with Gasteiger partial charge in [-0.05, 0) is 25.7 Å². The Morgan fingerprint density at radius 1 is 1.67 bits per heavy atom. The van der Waals surface area contributed by atoms with E-state index in [2.05, 4.69) is 10.1 Å². The highest BCUT2D eigenvalue weighted by Gasteiger charge is 2.36. The summed E-state index contributed by atoms with van der Waals surface area (Å²) < 4.78 is 10.7. The van der Waals surface area contributed by atoms with Gasteiger partial charge >= 0.3 is 5.97 Å². The average Bonchev–Trinajstić information content (AvgIpc) is 3.06. The van der Waals surface area contributed by atoms with Crippen molar-refractivity contribution < 1.29 is 19.2 Å². The summed E-state index contributed by atoms with van der Waals surface area (Å²) >= 11 is 1.24. The van der Waals surface area contributed by atoms with Gasteiger partial charge < -0.3 is 14.4 Å². The lowest BCUT2D eigenvalue weighted by Gasteiger charge is -2.10. The van der Waals surface area contributed by atoms with Crippen molar-refractivity contribution in [2.45, 2.75) is 31.6 Å². The Labute approximate surface area is 109 Å². The van der Waals surface area contributed by atoms with E-state index in [0.29, 0.717) is 30.0 Å². The van der Waals surface area contributed by atoms with Crippen molar-refractivity contribution in [2.24, 2.45) is 5.92 Å². The molecular weight excluding hydrogens is 256 g/mol. The standard InChI is InChI=1S/C11H16N2O4S/c1-2-16-10(7-3-4-7)11-12-8(17-13-11)5-18-6-9(14)15/h7,10H,2-6H2,1H3,(H,14,15). The lowest BCUT2D eigenvalue weighted by Crippen LogP contribution is -2.08. The maximum Gasteiger partial charge on any atom is 0.313 e. The number of rotatable bonds is 8. The quantitative estimate of drug-likeness (QED) is 0.773. The van der Waals surface area contributed by atoms with Crippen molar-refractivity contribution in [2.75, 3.05) is 12.4 Å². The van der Waals surface area contributed by atoms with Crippen molar-refractivity contribution in [3.63, 3.8) is 0 Å². The van der Waals surface area contributed by atoms with Crippen LogP contribution in [0.15, 0.2) is 4.52 Å². The molecule has 2 rings (SSSR count). The van der Waals surface area contributed by atoms with Gasteiger partial charge in [0.2, 0.25) is 11.7 Å². The SMILES string of the molecule is CCOC(c1noc(CSCC(=O)O)n1)C1CC1. The summed E-state index contributed by atoms with van der Waals surface area (Å²) in [6.07, 6.45) is 2.21. The normalized spacial score (nSPS) is 16.7. The summed E-state index contributed by atoms with van der Waals surface area (Å²) in [5.74, 6) is 1.16. The fourth-order valence-corrected chi connectivity index (χ4v) is 2.24. The number of carboxylic acids is 1. The van der Waals surface area contributed by atoms with Crippen molar-refractivity contribution in [3.05, 3.63) is 11.7 Å². The zero-order chi connectivity index (χ0) is 13.0. The van der Waals surface area contributed by atoms with Crippen LogP contribution in [0.5, 0.6) is 0 Å². The zero-order valence-electron chi connectivity index (χ0n) is 10.2. The Hall–Kier alpha value is -1.08. The van der Waals surface area contributed by atoms with Crippen molar-refractivity contribution in [1.29, 1.82) is 0 Å². The lowest BCUT2D eigenvalue weighted by atomic mass is 10.2. The van der Waals surface area contributed by atoms with Gasteiger partial charge in [0.15, 0.2) is 0 Å². The molecule has 100 valence electrons. The summed E-state index contributed by atoms with van der Waals surface area (Å²) in [5.41, 5.74) is 0. The summed E-state index contributed by atoms with van der Waals surface area (Å²) in [7, 11) is 0. The van der Waals surface area contributed by atoms with Crippen LogP contribution in [0, 0.1) is 5.92 Å². The number of hydrogen-bond donors (Lipinski definition) is 1. The molecule has 1 aliphatic rings. The first-order valence-corrected chi connectivity index (χ1v) is 7.09. The molecule has 1 fully saturated rings. The number of hydrogen-bond acceptors (Lipinski definition) is 6. The molecule has 7 heteroatoms. The molecule has 1 unspecified atom stereocenters. The molecule has 0 aliphatic heterocycles. The summed E-state index contributed by atoms with van der Waals surface area (Å²) in [4.78, 5) is 14.6. The molecule has 0 saturated heterocycles. The minimum absolute atomic E-state index is 0.0369. The fourth-order valence-electron chi connectivity index (χ4n) is 1.67. The molecule has 1 atom stereocenters. The van der Waals surface area contributed by atoms with Crippen LogP contribution < -0.4 is 0 Å². The van der Waals surface area contributed by atoms with Gasteiger partial charge in [-0.2, -0.15) is 4.98 Å². The first kappa shape index (κ1) is 13.4. The number of ether oxygens (including phenoxy) is 1. The second-order valence-corrected chi connectivity index (χ2v) is 5.13. The van der Waals surface area contributed by atoms with Crippen LogP contribution in [-0.2, 0) is 15.3 Å². The molecule has 0 aromatic carbocycles. The molecule has 0 radical (unpaired) electrons. The number of aromatic nitrogens is 2. The van der Waals surface area contributed by atoms with Crippen LogP contribution in [0.3, 0.4) is 0 Å². The molecule has 0 spiro atoms. The van der Waals surface area contributed by atoms with Crippen LogP contribution in [0.4, 0.5) is 0 Å². The monoisotopic (exact) mass is 272 g/mol. The van der Waals surface area contributed by atoms with E-state index >= 15 is 0 Å². The molecule has 1 aromatic heterocycles. The highest BCUT2D eigenvalue weighted by atomic mass is 32.2.